The van der Waals surface area contributed by atoms with E-state index in [0.717, 1.165) is 23.4 Å². The van der Waals surface area contributed by atoms with Crippen molar-refractivity contribution in [3.63, 3.8) is 0 Å². The second kappa shape index (κ2) is 6.10. The van der Waals surface area contributed by atoms with Gasteiger partial charge in [-0.2, -0.15) is 15.3 Å². The molecule has 0 fully saturated rings. The fourth-order valence-corrected chi connectivity index (χ4v) is 2.39. The number of hydrogen-bond acceptors (Lipinski definition) is 5. The van der Waals surface area contributed by atoms with E-state index in [1.807, 2.05) is 20.0 Å². The predicted molar refractivity (Wildman–Crippen MR) is 73.4 cm³/mol. The SMILES string of the molecule is CCc1nn(C)c(CC(NN)c2ccnnc2)c1Cl. The number of nitrogens with one attached hydrogen (secondary N) is 1. The average molecular weight is 281 g/mol. The summed E-state index contributed by atoms with van der Waals surface area (Å²) in [5.74, 6) is 5.62. The smallest absolute Gasteiger partial charge is 0.0850 e. The van der Waals surface area contributed by atoms with Gasteiger partial charge in [0.15, 0.2) is 0 Å². The topological polar surface area (TPSA) is 81.7 Å². The van der Waals surface area contributed by atoms with Gasteiger partial charge in [0.2, 0.25) is 0 Å². The second-order valence-corrected chi connectivity index (χ2v) is 4.66. The molecule has 0 amide bonds. The molecule has 2 rings (SSSR count). The standard InChI is InChI=1S/C12H17ClN6/c1-3-9-12(13)11(19(2)18-9)6-10(17-14)8-4-5-15-16-7-8/h4-5,7,10,17H,3,6,14H2,1-2H3. The molecule has 102 valence electrons. The van der Waals surface area contributed by atoms with Crippen LogP contribution < -0.4 is 11.3 Å². The lowest BCUT2D eigenvalue weighted by molar-refractivity contribution is 0.527. The lowest BCUT2D eigenvalue weighted by atomic mass is 10.0. The van der Waals surface area contributed by atoms with E-state index in [2.05, 4.69) is 20.7 Å². The molecular formula is C12H17ClN6. The van der Waals surface area contributed by atoms with E-state index in [1.54, 1.807) is 17.1 Å². The summed E-state index contributed by atoms with van der Waals surface area (Å²) in [7, 11) is 1.89. The van der Waals surface area contributed by atoms with Crippen LogP contribution in [0, 0.1) is 0 Å². The zero-order valence-electron chi connectivity index (χ0n) is 11.0. The summed E-state index contributed by atoms with van der Waals surface area (Å²) >= 11 is 6.34. The Labute approximate surface area is 116 Å². The van der Waals surface area contributed by atoms with Crippen molar-refractivity contribution < 1.29 is 0 Å². The van der Waals surface area contributed by atoms with Crippen molar-refractivity contribution in [3.8, 4) is 0 Å². The number of rotatable bonds is 5. The molecular weight excluding hydrogens is 264 g/mol. The number of nitrogens with zero attached hydrogens (tertiary/aromatic N) is 4. The Morgan fingerprint density at radius 3 is 2.79 bits per heavy atom. The quantitative estimate of drug-likeness (QED) is 0.635. The highest BCUT2D eigenvalue weighted by Gasteiger charge is 2.18. The molecule has 19 heavy (non-hydrogen) atoms. The third-order valence-corrected chi connectivity index (χ3v) is 3.55. The average Bonchev–Trinajstić information content (AvgIpc) is 2.72. The Kier molecular flexibility index (Phi) is 4.47. The summed E-state index contributed by atoms with van der Waals surface area (Å²) < 4.78 is 1.81. The molecule has 0 aliphatic carbocycles. The molecule has 7 heteroatoms. The minimum atomic E-state index is -0.0758. The molecule has 0 aliphatic heterocycles. The highest BCUT2D eigenvalue weighted by atomic mass is 35.5. The molecule has 2 aromatic rings. The van der Waals surface area contributed by atoms with Crippen LogP contribution in [0.15, 0.2) is 18.5 Å². The molecule has 0 bridgehead atoms. The van der Waals surface area contributed by atoms with Crippen LogP contribution in [-0.4, -0.2) is 20.0 Å². The van der Waals surface area contributed by atoms with E-state index in [0.29, 0.717) is 11.4 Å². The minimum Gasteiger partial charge on any atom is -0.271 e. The van der Waals surface area contributed by atoms with Crippen LogP contribution in [0.4, 0.5) is 0 Å². The normalized spacial score (nSPS) is 12.6. The third kappa shape index (κ3) is 2.91. The van der Waals surface area contributed by atoms with Gasteiger partial charge in [-0.3, -0.25) is 16.0 Å². The molecule has 1 atom stereocenters. The van der Waals surface area contributed by atoms with E-state index >= 15 is 0 Å². The summed E-state index contributed by atoms with van der Waals surface area (Å²) in [5.41, 5.74) is 5.61. The van der Waals surface area contributed by atoms with E-state index < -0.39 is 0 Å². The second-order valence-electron chi connectivity index (χ2n) is 4.28. The van der Waals surface area contributed by atoms with Crippen LogP contribution in [0.1, 0.15) is 29.9 Å². The number of aromatic nitrogens is 4. The highest BCUT2D eigenvalue weighted by molar-refractivity contribution is 6.31. The Morgan fingerprint density at radius 2 is 2.26 bits per heavy atom. The largest absolute Gasteiger partial charge is 0.271 e. The van der Waals surface area contributed by atoms with Crippen LogP contribution in [-0.2, 0) is 19.9 Å². The number of nitrogens with two attached hydrogens (primary N) is 1. The molecule has 3 N–H and O–H groups in total. The first-order chi connectivity index (χ1) is 9.17. The maximum atomic E-state index is 6.34. The summed E-state index contributed by atoms with van der Waals surface area (Å²) in [4.78, 5) is 0. The number of aryl methyl sites for hydroxylation is 2. The monoisotopic (exact) mass is 280 g/mol. The van der Waals surface area contributed by atoms with Gasteiger partial charge in [-0.1, -0.05) is 18.5 Å². The molecule has 0 radical (unpaired) electrons. The van der Waals surface area contributed by atoms with E-state index in [-0.39, 0.29) is 6.04 Å². The van der Waals surface area contributed by atoms with Crippen LogP contribution in [0.5, 0.6) is 0 Å². The maximum absolute atomic E-state index is 6.34. The first-order valence-electron chi connectivity index (χ1n) is 6.10. The van der Waals surface area contributed by atoms with Crippen molar-refractivity contribution in [1.29, 1.82) is 0 Å². The Balaban J connectivity index is 2.26. The molecule has 6 nitrogen and oxygen atoms in total. The zero-order valence-corrected chi connectivity index (χ0v) is 11.7. The van der Waals surface area contributed by atoms with Gasteiger partial charge in [-0.15, -0.1) is 0 Å². The van der Waals surface area contributed by atoms with Crippen LogP contribution >= 0.6 is 11.6 Å². The molecule has 0 aliphatic rings. The zero-order chi connectivity index (χ0) is 13.8. The minimum absolute atomic E-state index is 0.0758. The molecule has 1 unspecified atom stereocenters. The lowest BCUT2D eigenvalue weighted by Gasteiger charge is -2.15. The maximum Gasteiger partial charge on any atom is 0.0850 e. The summed E-state index contributed by atoms with van der Waals surface area (Å²) in [5, 5.41) is 12.7. The number of halogens is 1. The van der Waals surface area contributed by atoms with Crippen molar-refractivity contribution in [2.75, 3.05) is 0 Å². The van der Waals surface area contributed by atoms with Gasteiger partial charge >= 0.3 is 0 Å². The Bertz CT molecular complexity index is 539. The summed E-state index contributed by atoms with van der Waals surface area (Å²) in [6, 6.07) is 1.80. The number of hydrogen-bond donors (Lipinski definition) is 2. The summed E-state index contributed by atoms with van der Waals surface area (Å²) in [6.45, 7) is 2.03. The lowest BCUT2D eigenvalue weighted by Crippen LogP contribution is -2.30. The van der Waals surface area contributed by atoms with Crippen molar-refractivity contribution in [2.45, 2.75) is 25.8 Å². The Hall–Kier alpha value is -1.50. The summed E-state index contributed by atoms with van der Waals surface area (Å²) in [6.07, 6.45) is 4.78. The molecule has 2 aromatic heterocycles. The molecule has 0 aromatic carbocycles. The number of hydrazine groups is 1. The van der Waals surface area contributed by atoms with Crippen molar-refractivity contribution in [2.24, 2.45) is 12.9 Å². The first-order valence-corrected chi connectivity index (χ1v) is 6.48. The fourth-order valence-electron chi connectivity index (χ4n) is 2.01. The van der Waals surface area contributed by atoms with Gasteiger partial charge in [0, 0.05) is 19.7 Å². The van der Waals surface area contributed by atoms with Gasteiger partial charge < -0.3 is 0 Å². The predicted octanol–water partition coefficient (Wildman–Crippen LogP) is 1.17. The van der Waals surface area contributed by atoms with E-state index in [1.165, 1.54) is 0 Å². The Morgan fingerprint density at radius 1 is 1.47 bits per heavy atom. The van der Waals surface area contributed by atoms with Crippen LogP contribution in [0.2, 0.25) is 5.02 Å². The highest BCUT2D eigenvalue weighted by Crippen LogP contribution is 2.25. The molecule has 0 spiro atoms. The molecule has 0 saturated heterocycles. The van der Waals surface area contributed by atoms with Crippen LogP contribution in [0.25, 0.3) is 0 Å². The van der Waals surface area contributed by atoms with E-state index in [4.69, 9.17) is 17.4 Å². The molecule has 2 heterocycles. The molecule has 0 saturated carbocycles. The van der Waals surface area contributed by atoms with Crippen LogP contribution in [0.3, 0.4) is 0 Å². The van der Waals surface area contributed by atoms with Gasteiger partial charge in [0.1, 0.15) is 0 Å². The van der Waals surface area contributed by atoms with Crippen molar-refractivity contribution >= 4 is 11.6 Å². The van der Waals surface area contributed by atoms with Gasteiger partial charge in [-0.05, 0) is 18.1 Å². The van der Waals surface area contributed by atoms with Gasteiger partial charge in [-0.25, -0.2) is 0 Å². The van der Waals surface area contributed by atoms with Crippen molar-refractivity contribution in [3.05, 3.63) is 40.4 Å². The van der Waals surface area contributed by atoms with Crippen molar-refractivity contribution in [1.82, 2.24) is 25.4 Å². The fraction of sp³-hybridized carbons (Fsp3) is 0.417. The third-order valence-electron chi connectivity index (χ3n) is 3.11. The van der Waals surface area contributed by atoms with Gasteiger partial charge in [0.05, 0.1) is 28.6 Å². The van der Waals surface area contributed by atoms with Gasteiger partial charge in [0.25, 0.3) is 0 Å². The first kappa shape index (κ1) is 13.9. The van der Waals surface area contributed by atoms with E-state index in [9.17, 15) is 0 Å².